The number of aromatic nitrogens is 2. The van der Waals surface area contributed by atoms with Gasteiger partial charge in [0.1, 0.15) is 0 Å². The van der Waals surface area contributed by atoms with Crippen LogP contribution >= 0.6 is 11.3 Å². The highest BCUT2D eigenvalue weighted by Gasteiger charge is 2.55. The number of thiazole rings is 1. The summed E-state index contributed by atoms with van der Waals surface area (Å²) in [4.78, 5) is 32.8. The number of fused-ring (bicyclic) bond motifs is 1. The van der Waals surface area contributed by atoms with Gasteiger partial charge in [0, 0.05) is 60.4 Å². The number of likely N-dealkylation sites (tertiary alicyclic amines) is 1. The third kappa shape index (κ3) is 2.86. The van der Waals surface area contributed by atoms with Crippen LogP contribution in [0.5, 0.6) is 0 Å². The maximum Gasteiger partial charge on any atom is 0.307 e. The molecule has 6 nitrogen and oxygen atoms in total. The number of hydrogen-bond acceptors (Lipinski definition) is 5. The van der Waals surface area contributed by atoms with E-state index in [-0.39, 0.29) is 0 Å². The zero-order valence-corrected chi connectivity index (χ0v) is 18.2. The first-order chi connectivity index (χ1) is 16.2. The van der Waals surface area contributed by atoms with Gasteiger partial charge in [-0.15, -0.1) is 0 Å². The molecule has 2 aliphatic heterocycles. The minimum Gasteiger partial charge on any atom is -0.369 e. The lowest BCUT2D eigenvalue weighted by Gasteiger charge is -2.61. The second kappa shape index (κ2) is 6.66. The number of rotatable bonds is 3. The minimum atomic E-state index is -2.50. The van der Waals surface area contributed by atoms with Gasteiger partial charge >= 0.3 is 4.87 Å². The molecule has 3 aromatic rings. The Morgan fingerprint density at radius 3 is 2.81 bits per heavy atom. The van der Waals surface area contributed by atoms with Gasteiger partial charge in [0.25, 0.3) is 0 Å². The predicted molar refractivity (Wildman–Crippen MR) is 124 cm³/mol. The lowest BCUT2D eigenvalue weighted by atomic mass is 9.60. The van der Waals surface area contributed by atoms with Gasteiger partial charge < -0.3 is 14.4 Å². The third-order valence-corrected chi connectivity index (χ3v) is 8.27. The second-order valence-electron chi connectivity index (χ2n) is 9.33. The van der Waals surface area contributed by atoms with E-state index in [0.29, 0.717) is 34.0 Å². The van der Waals surface area contributed by atoms with E-state index in [1.54, 1.807) is 6.07 Å². The van der Waals surface area contributed by atoms with Crippen molar-refractivity contribution in [3.05, 3.63) is 45.8 Å². The molecule has 1 amide bonds. The number of pyridine rings is 1. The minimum absolute atomic E-state index is 0.319. The molecule has 0 N–H and O–H groups in total. The fourth-order valence-electron chi connectivity index (χ4n) is 5.72. The quantitative estimate of drug-likeness (QED) is 0.629. The predicted octanol–water partition coefficient (Wildman–Crippen LogP) is 3.56. The van der Waals surface area contributed by atoms with Crippen molar-refractivity contribution in [2.45, 2.75) is 38.6 Å². The van der Waals surface area contributed by atoms with Crippen LogP contribution in [0.1, 0.15) is 35.4 Å². The fourth-order valence-corrected chi connectivity index (χ4v) is 6.55. The summed E-state index contributed by atoms with van der Waals surface area (Å²) < 4.78 is 24.5. The highest BCUT2D eigenvalue weighted by molar-refractivity contribution is 7.16. The molecule has 3 fully saturated rings. The molecule has 2 saturated heterocycles. The van der Waals surface area contributed by atoms with E-state index in [4.69, 9.17) is 4.11 Å². The van der Waals surface area contributed by atoms with E-state index in [2.05, 4.69) is 21.7 Å². The molecule has 4 heterocycles. The fraction of sp³-hybridized carbons (Fsp3) is 0.458. The van der Waals surface area contributed by atoms with Crippen molar-refractivity contribution in [1.82, 2.24) is 14.5 Å². The average Bonchev–Trinajstić information content (AvgIpc) is 3.28. The number of amides is 1. The summed E-state index contributed by atoms with van der Waals surface area (Å²) in [5.41, 5.74) is 4.88. The van der Waals surface area contributed by atoms with Crippen molar-refractivity contribution < 1.29 is 8.91 Å². The maximum absolute atomic E-state index is 12.3. The van der Waals surface area contributed by atoms with Gasteiger partial charge in [-0.3, -0.25) is 14.6 Å². The Morgan fingerprint density at radius 2 is 2.06 bits per heavy atom. The van der Waals surface area contributed by atoms with Crippen LogP contribution in [0.25, 0.3) is 21.3 Å². The molecule has 0 unspecified atom stereocenters. The Kier molecular flexibility index (Phi) is 3.45. The largest absolute Gasteiger partial charge is 0.369 e. The Hall–Kier alpha value is -2.67. The van der Waals surface area contributed by atoms with Gasteiger partial charge in [0.05, 0.1) is 22.1 Å². The van der Waals surface area contributed by atoms with E-state index >= 15 is 0 Å². The van der Waals surface area contributed by atoms with Crippen molar-refractivity contribution in [2.24, 2.45) is 12.4 Å². The van der Waals surface area contributed by atoms with Crippen molar-refractivity contribution >= 4 is 33.1 Å². The molecule has 1 aliphatic carbocycles. The van der Waals surface area contributed by atoms with E-state index in [1.165, 1.54) is 0 Å². The summed E-state index contributed by atoms with van der Waals surface area (Å²) in [6.07, 6.45) is 7.63. The number of carbonyl (C=O) groups is 1. The number of hydrogen-bond donors (Lipinski definition) is 0. The summed E-state index contributed by atoms with van der Waals surface area (Å²) in [7, 11) is 0. The Morgan fingerprint density at radius 1 is 1.23 bits per heavy atom. The number of aryl methyl sites for hydroxylation is 1. The molecule has 7 heteroatoms. The zero-order valence-electron chi connectivity index (χ0n) is 20.4. The maximum atomic E-state index is 12.3. The number of benzene rings is 1. The molecule has 2 aromatic heterocycles. The molecule has 160 valence electrons. The smallest absolute Gasteiger partial charge is 0.307 e. The summed E-state index contributed by atoms with van der Waals surface area (Å²) >= 11 is 0.956. The van der Waals surface area contributed by atoms with Gasteiger partial charge in [0.15, 0.2) is 0 Å². The lowest BCUT2D eigenvalue weighted by Crippen LogP contribution is -2.67. The SMILES string of the molecule is [2H]C([2H])([2H])n1c(=O)sc2cc(-c3cncc(N4CC5(CC(N6CCCC6=O)C5)C4)c3C)ccc21. The van der Waals surface area contributed by atoms with E-state index < -0.39 is 11.8 Å². The molecule has 0 bridgehead atoms. The Balaban J connectivity index is 1.23. The van der Waals surface area contributed by atoms with E-state index in [9.17, 15) is 9.59 Å². The molecule has 31 heavy (non-hydrogen) atoms. The number of carbonyl (C=O) groups excluding carboxylic acids is 1. The van der Waals surface area contributed by atoms with Gasteiger partial charge in [0.2, 0.25) is 5.91 Å². The highest BCUT2D eigenvalue weighted by Crippen LogP contribution is 2.52. The van der Waals surface area contributed by atoms with E-state index in [1.807, 2.05) is 24.5 Å². The molecule has 3 aliphatic rings. The summed E-state index contributed by atoms with van der Waals surface area (Å²) in [6.45, 7) is 2.48. The van der Waals surface area contributed by atoms with E-state index in [0.717, 1.165) is 77.2 Å². The molecule has 0 atom stereocenters. The lowest BCUT2D eigenvalue weighted by molar-refractivity contribution is -0.135. The third-order valence-electron chi connectivity index (χ3n) is 7.36. The van der Waals surface area contributed by atoms with Crippen LogP contribution in [0.15, 0.2) is 35.4 Å². The number of anilines is 1. The summed E-state index contributed by atoms with van der Waals surface area (Å²) in [5, 5.41) is 0. The second-order valence-corrected chi connectivity index (χ2v) is 10.3. The molecule has 6 rings (SSSR count). The topological polar surface area (TPSA) is 58.4 Å². The molecule has 0 radical (unpaired) electrons. The van der Waals surface area contributed by atoms with Crippen LogP contribution in [-0.2, 0) is 11.8 Å². The normalized spacial score (nSPS) is 22.4. The van der Waals surface area contributed by atoms with Crippen molar-refractivity contribution in [3.63, 3.8) is 0 Å². The van der Waals surface area contributed by atoms with Gasteiger partial charge in [-0.1, -0.05) is 17.4 Å². The molecule has 1 aromatic carbocycles. The Bertz CT molecular complexity index is 1360. The Labute approximate surface area is 189 Å². The first-order valence-electron chi connectivity index (χ1n) is 12.3. The average molecular weight is 438 g/mol. The monoisotopic (exact) mass is 437 g/mol. The summed E-state index contributed by atoms with van der Waals surface area (Å²) in [5.74, 6) is 0.319. The van der Waals surface area contributed by atoms with Crippen molar-refractivity contribution in [1.29, 1.82) is 0 Å². The van der Waals surface area contributed by atoms with Crippen molar-refractivity contribution in [3.8, 4) is 11.1 Å². The standard InChI is InChI=1S/C24H26N4O2S/c1-15-18(16-5-6-19-21(8-16)31-23(30)26(19)2)11-25-12-20(15)27-13-24(14-27)9-17(10-24)28-7-3-4-22(28)29/h5-6,8,11-12,17H,3-4,7,9-10,13-14H2,1-2H3/i2D3. The van der Waals surface area contributed by atoms with Crippen LogP contribution in [-0.4, -0.2) is 46.0 Å². The first kappa shape index (κ1) is 16.0. The highest BCUT2D eigenvalue weighted by atomic mass is 32.1. The van der Waals surface area contributed by atoms with Crippen LogP contribution in [0.3, 0.4) is 0 Å². The van der Waals surface area contributed by atoms with Crippen LogP contribution < -0.4 is 9.77 Å². The molecule has 1 saturated carbocycles. The van der Waals surface area contributed by atoms with Gasteiger partial charge in [-0.2, -0.15) is 0 Å². The number of nitrogens with zero attached hydrogens (tertiary/aromatic N) is 4. The van der Waals surface area contributed by atoms with Crippen molar-refractivity contribution in [2.75, 3.05) is 24.5 Å². The summed E-state index contributed by atoms with van der Waals surface area (Å²) in [6, 6.07) is 5.89. The van der Waals surface area contributed by atoms with Crippen LogP contribution in [0.2, 0.25) is 0 Å². The van der Waals surface area contributed by atoms with Gasteiger partial charge in [-0.25, -0.2) is 0 Å². The zero-order chi connectivity index (χ0) is 23.8. The first-order valence-corrected chi connectivity index (χ1v) is 11.6. The molecular weight excluding hydrogens is 408 g/mol. The molecular formula is C24H26N4O2S. The molecule has 1 spiro atoms. The van der Waals surface area contributed by atoms with Crippen LogP contribution in [0, 0.1) is 12.3 Å². The van der Waals surface area contributed by atoms with Gasteiger partial charge in [-0.05, 0) is 49.4 Å². The van der Waals surface area contributed by atoms with Crippen LogP contribution in [0.4, 0.5) is 5.69 Å².